The maximum Gasteiger partial charge on any atom is 0.287 e. The van der Waals surface area contributed by atoms with Crippen molar-refractivity contribution < 1.29 is 14.0 Å². The minimum Gasteiger partial charge on any atom is -0.449 e. The van der Waals surface area contributed by atoms with Crippen LogP contribution in [0.4, 0.5) is 0 Å². The van der Waals surface area contributed by atoms with E-state index in [9.17, 15) is 9.59 Å². The first kappa shape index (κ1) is 18.0. The molecule has 2 aromatic heterocycles. The van der Waals surface area contributed by atoms with Crippen molar-refractivity contribution in [2.75, 3.05) is 7.05 Å². The molecule has 6 nitrogen and oxygen atoms in total. The van der Waals surface area contributed by atoms with Crippen LogP contribution in [0.5, 0.6) is 0 Å². The molecule has 2 N–H and O–H groups in total. The van der Waals surface area contributed by atoms with E-state index in [-0.39, 0.29) is 17.6 Å². The van der Waals surface area contributed by atoms with Crippen molar-refractivity contribution in [1.29, 1.82) is 0 Å². The molecule has 0 saturated heterocycles. The quantitative estimate of drug-likeness (QED) is 0.839. The van der Waals surface area contributed by atoms with Gasteiger partial charge in [-0.25, -0.2) is 0 Å². The number of nitrogens with one attached hydrogen (secondary N) is 2. The van der Waals surface area contributed by atoms with Gasteiger partial charge in [-0.2, -0.15) is 0 Å². The molecule has 2 aromatic rings. The highest BCUT2D eigenvalue weighted by Gasteiger charge is 2.26. The largest absolute Gasteiger partial charge is 0.449 e. The van der Waals surface area contributed by atoms with E-state index in [1.165, 1.54) is 6.20 Å². The number of aromatic nitrogens is 1. The molecule has 0 saturated carbocycles. The number of furan rings is 1. The highest BCUT2D eigenvalue weighted by Crippen LogP contribution is 2.21. The number of carbonyl (C=O) groups is 2. The lowest BCUT2D eigenvalue weighted by Gasteiger charge is -2.22. The average molecular weight is 350 g/mol. The maximum absolute atomic E-state index is 12.4. The van der Waals surface area contributed by atoms with Crippen LogP contribution in [0.1, 0.15) is 30.8 Å². The Labute approximate surface area is 145 Å². The normalized spacial score (nSPS) is 13.2. The van der Waals surface area contributed by atoms with Gasteiger partial charge in [0.1, 0.15) is 11.7 Å². The van der Waals surface area contributed by atoms with Crippen LogP contribution in [0, 0.1) is 5.92 Å². The fourth-order valence-corrected chi connectivity index (χ4v) is 2.30. The molecule has 7 heteroatoms. The Hall–Kier alpha value is -2.34. The van der Waals surface area contributed by atoms with E-state index < -0.39 is 11.9 Å². The van der Waals surface area contributed by atoms with Crippen molar-refractivity contribution in [3.63, 3.8) is 0 Å². The SMILES string of the molecule is CC[C@@H](C)[C@H](NC(=O)c1ccc(-c2ccc(Cl)cn2)o1)C(=O)NC. The van der Waals surface area contributed by atoms with Crippen molar-refractivity contribution in [3.05, 3.63) is 41.2 Å². The first-order valence-corrected chi connectivity index (χ1v) is 8.08. The van der Waals surface area contributed by atoms with Crippen LogP contribution < -0.4 is 10.6 Å². The molecule has 0 unspecified atom stereocenters. The summed E-state index contributed by atoms with van der Waals surface area (Å²) in [6.07, 6.45) is 2.26. The fraction of sp³-hybridized carbons (Fsp3) is 0.353. The van der Waals surface area contributed by atoms with Crippen LogP contribution in [-0.4, -0.2) is 29.9 Å². The molecule has 128 valence electrons. The van der Waals surface area contributed by atoms with Crippen molar-refractivity contribution in [1.82, 2.24) is 15.6 Å². The van der Waals surface area contributed by atoms with E-state index in [1.807, 2.05) is 13.8 Å². The van der Waals surface area contributed by atoms with Crippen LogP contribution >= 0.6 is 11.6 Å². The number of hydrogen-bond acceptors (Lipinski definition) is 4. The number of amides is 2. The van der Waals surface area contributed by atoms with Gasteiger partial charge in [-0.05, 0) is 30.2 Å². The maximum atomic E-state index is 12.4. The number of rotatable bonds is 6. The molecule has 2 atom stereocenters. The van der Waals surface area contributed by atoms with Gasteiger partial charge in [-0.1, -0.05) is 31.9 Å². The van der Waals surface area contributed by atoms with E-state index in [0.717, 1.165) is 6.42 Å². The second-order valence-electron chi connectivity index (χ2n) is 5.48. The van der Waals surface area contributed by atoms with Gasteiger partial charge in [0.25, 0.3) is 5.91 Å². The molecule has 0 bridgehead atoms. The van der Waals surface area contributed by atoms with E-state index in [1.54, 1.807) is 31.3 Å². The van der Waals surface area contributed by atoms with Gasteiger partial charge in [0.2, 0.25) is 5.91 Å². The fourth-order valence-electron chi connectivity index (χ4n) is 2.19. The van der Waals surface area contributed by atoms with Gasteiger partial charge < -0.3 is 15.1 Å². The Morgan fingerprint density at radius 3 is 2.62 bits per heavy atom. The summed E-state index contributed by atoms with van der Waals surface area (Å²) in [5, 5.41) is 5.81. The minimum atomic E-state index is -0.616. The van der Waals surface area contributed by atoms with Crippen molar-refractivity contribution >= 4 is 23.4 Å². The number of halogens is 1. The molecular weight excluding hydrogens is 330 g/mol. The molecule has 0 spiro atoms. The Bertz CT molecular complexity index is 712. The number of nitrogens with zero attached hydrogens (tertiary/aromatic N) is 1. The Morgan fingerprint density at radius 2 is 2.04 bits per heavy atom. The topological polar surface area (TPSA) is 84.2 Å². The Balaban J connectivity index is 2.15. The standard InChI is InChI=1S/C17H20ClN3O3/c1-4-10(2)15(17(23)19-3)21-16(22)14-8-7-13(24-14)12-6-5-11(18)9-20-12/h5-10,15H,4H2,1-3H3,(H,19,23)(H,21,22)/t10-,15+/m1/s1. The predicted octanol–water partition coefficient (Wildman–Crippen LogP) is 2.89. The van der Waals surface area contributed by atoms with Gasteiger partial charge in [-0.3, -0.25) is 14.6 Å². The van der Waals surface area contributed by atoms with Crippen molar-refractivity contribution in [2.24, 2.45) is 5.92 Å². The number of carbonyl (C=O) groups excluding carboxylic acids is 2. The van der Waals surface area contributed by atoms with Gasteiger partial charge in [0, 0.05) is 13.2 Å². The Kier molecular flexibility index (Phi) is 5.98. The van der Waals surface area contributed by atoms with Crippen LogP contribution in [0.3, 0.4) is 0 Å². The van der Waals surface area contributed by atoms with Gasteiger partial charge in [0.15, 0.2) is 11.5 Å². The minimum absolute atomic E-state index is 0.00117. The van der Waals surface area contributed by atoms with Crippen LogP contribution in [0.15, 0.2) is 34.9 Å². The molecule has 2 amide bonds. The number of pyridine rings is 1. The summed E-state index contributed by atoms with van der Waals surface area (Å²) < 4.78 is 5.55. The van der Waals surface area contributed by atoms with Gasteiger partial charge in [0.05, 0.1) is 5.02 Å². The van der Waals surface area contributed by atoms with Crippen molar-refractivity contribution in [2.45, 2.75) is 26.3 Å². The first-order chi connectivity index (χ1) is 11.5. The summed E-state index contributed by atoms with van der Waals surface area (Å²) in [5.41, 5.74) is 0.572. The molecule has 0 aliphatic carbocycles. The summed E-state index contributed by atoms with van der Waals surface area (Å²) in [4.78, 5) is 28.5. The highest BCUT2D eigenvalue weighted by molar-refractivity contribution is 6.30. The molecule has 0 fully saturated rings. The van der Waals surface area contributed by atoms with Gasteiger partial charge in [-0.15, -0.1) is 0 Å². The average Bonchev–Trinajstić information content (AvgIpc) is 3.09. The Morgan fingerprint density at radius 1 is 1.29 bits per heavy atom. The molecule has 0 radical (unpaired) electrons. The smallest absolute Gasteiger partial charge is 0.287 e. The van der Waals surface area contributed by atoms with Gasteiger partial charge >= 0.3 is 0 Å². The number of hydrogen-bond donors (Lipinski definition) is 2. The monoisotopic (exact) mass is 349 g/mol. The second-order valence-corrected chi connectivity index (χ2v) is 5.91. The third-order valence-corrected chi connectivity index (χ3v) is 4.06. The molecule has 0 aliphatic heterocycles. The summed E-state index contributed by atoms with van der Waals surface area (Å²) in [6.45, 7) is 3.87. The van der Waals surface area contributed by atoms with Crippen LogP contribution in [0.2, 0.25) is 5.02 Å². The highest BCUT2D eigenvalue weighted by atomic mass is 35.5. The molecule has 0 aromatic carbocycles. The molecule has 0 aliphatic rings. The zero-order chi connectivity index (χ0) is 17.7. The van der Waals surface area contributed by atoms with Crippen LogP contribution in [-0.2, 0) is 4.79 Å². The van der Waals surface area contributed by atoms with E-state index in [2.05, 4.69) is 15.6 Å². The zero-order valence-corrected chi connectivity index (χ0v) is 14.6. The zero-order valence-electron chi connectivity index (χ0n) is 13.8. The first-order valence-electron chi connectivity index (χ1n) is 7.70. The second kappa shape index (κ2) is 7.97. The lowest BCUT2D eigenvalue weighted by Crippen LogP contribution is -2.49. The summed E-state index contributed by atoms with van der Waals surface area (Å²) in [7, 11) is 1.54. The van der Waals surface area contributed by atoms with E-state index in [4.69, 9.17) is 16.0 Å². The summed E-state index contributed by atoms with van der Waals surface area (Å²) in [5.74, 6) is -0.0926. The lowest BCUT2D eigenvalue weighted by atomic mass is 9.98. The van der Waals surface area contributed by atoms with Crippen LogP contribution in [0.25, 0.3) is 11.5 Å². The molecule has 2 rings (SSSR count). The molecular formula is C17H20ClN3O3. The molecule has 24 heavy (non-hydrogen) atoms. The third-order valence-electron chi connectivity index (χ3n) is 3.84. The van der Waals surface area contributed by atoms with Crippen molar-refractivity contribution in [3.8, 4) is 11.5 Å². The molecule has 2 heterocycles. The lowest BCUT2D eigenvalue weighted by molar-refractivity contribution is -0.123. The summed E-state index contributed by atoms with van der Waals surface area (Å²) in [6, 6.07) is 5.99. The van der Waals surface area contributed by atoms with E-state index in [0.29, 0.717) is 16.5 Å². The summed E-state index contributed by atoms with van der Waals surface area (Å²) >= 11 is 5.80. The predicted molar refractivity (Wildman–Crippen MR) is 91.7 cm³/mol. The van der Waals surface area contributed by atoms with E-state index >= 15 is 0 Å². The third kappa shape index (κ3) is 4.14. The number of likely N-dealkylation sites (N-methyl/N-ethyl adjacent to an activating group) is 1.